The molecule has 24 heavy (non-hydrogen) atoms. The minimum absolute atomic E-state index is 0.178. The number of aromatic nitrogens is 3. The number of hydrogen-bond acceptors (Lipinski definition) is 7. The summed E-state index contributed by atoms with van der Waals surface area (Å²) in [6.07, 6.45) is 6.26. The van der Waals surface area contributed by atoms with Crippen LogP contribution in [0, 0.1) is 0 Å². The van der Waals surface area contributed by atoms with E-state index < -0.39 is 16.1 Å². The molecule has 0 amide bonds. The van der Waals surface area contributed by atoms with Crippen LogP contribution in [0.25, 0.3) is 0 Å². The van der Waals surface area contributed by atoms with Crippen LogP contribution in [0.1, 0.15) is 43.4 Å². The Labute approximate surface area is 140 Å². The lowest BCUT2D eigenvalue weighted by atomic mass is 10.1. The average Bonchev–Trinajstić information content (AvgIpc) is 2.91. The number of hydrogen-bond donors (Lipinski definition) is 0. The van der Waals surface area contributed by atoms with Gasteiger partial charge in [-0.2, -0.15) is 9.29 Å². The fourth-order valence-corrected chi connectivity index (χ4v) is 4.47. The second-order valence-electron chi connectivity index (χ2n) is 5.65. The van der Waals surface area contributed by atoms with Gasteiger partial charge >= 0.3 is 0 Å². The lowest BCUT2D eigenvalue weighted by molar-refractivity contribution is 0.151. The minimum Gasteiger partial charge on any atom is -0.375 e. The Bertz CT molecular complexity index is 763. The molecular formula is C15H20N4O4S. The van der Waals surface area contributed by atoms with Gasteiger partial charge in [-0.05, 0) is 25.0 Å². The first kappa shape index (κ1) is 17.0. The molecule has 2 aromatic heterocycles. The normalized spacial score (nSPS) is 20.0. The molecule has 0 spiro atoms. The van der Waals surface area contributed by atoms with E-state index in [0.29, 0.717) is 24.7 Å². The average molecular weight is 352 g/mol. The lowest BCUT2D eigenvalue weighted by Crippen LogP contribution is -2.35. The second kappa shape index (κ2) is 7.37. The predicted molar refractivity (Wildman–Crippen MR) is 84.3 cm³/mol. The Morgan fingerprint density at radius 2 is 2.25 bits per heavy atom. The first-order chi connectivity index (χ1) is 11.6. The summed E-state index contributed by atoms with van der Waals surface area (Å²) in [6.45, 7) is 0.630. The third kappa shape index (κ3) is 3.47. The van der Waals surface area contributed by atoms with Crippen molar-refractivity contribution in [3.8, 4) is 0 Å². The molecule has 1 atom stereocenters. The van der Waals surface area contributed by atoms with E-state index in [1.807, 2.05) is 0 Å². The zero-order valence-corrected chi connectivity index (χ0v) is 14.3. The molecule has 3 rings (SSSR count). The summed E-state index contributed by atoms with van der Waals surface area (Å²) in [6, 6.07) is 2.73. The van der Waals surface area contributed by atoms with E-state index in [-0.39, 0.29) is 11.5 Å². The summed E-state index contributed by atoms with van der Waals surface area (Å²) < 4.78 is 37.7. The van der Waals surface area contributed by atoms with Crippen LogP contribution in [0.2, 0.25) is 0 Å². The van der Waals surface area contributed by atoms with E-state index in [9.17, 15) is 8.42 Å². The van der Waals surface area contributed by atoms with Gasteiger partial charge in [0.1, 0.15) is 11.5 Å². The van der Waals surface area contributed by atoms with Gasteiger partial charge in [0.05, 0.1) is 6.04 Å². The van der Waals surface area contributed by atoms with Crippen LogP contribution in [0.3, 0.4) is 0 Å². The maximum absolute atomic E-state index is 13.0. The Kier molecular flexibility index (Phi) is 5.22. The van der Waals surface area contributed by atoms with Gasteiger partial charge in [0.25, 0.3) is 5.89 Å². The van der Waals surface area contributed by atoms with Crippen molar-refractivity contribution >= 4 is 10.0 Å². The number of pyridine rings is 1. The number of methoxy groups -OCH3 is 1. The van der Waals surface area contributed by atoms with E-state index in [0.717, 1.165) is 19.3 Å². The van der Waals surface area contributed by atoms with E-state index >= 15 is 0 Å². The fraction of sp³-hybridized carbons (Fsp3) is 0.533. The monoisotopic (exact) mass is 352 g/mol. The molecule has 8 nitrogen and oxygen atoms in total. The van der Waals surface area contributed by atoms with Crippen LogP contribution in [0.4, 0.5) is 0 Å². The van der Waals surface area contributed by atoms with Crippen molar-refractivity contribution in [1.82, 2.24) is 19.4 Å². The van der Waals surface area contributed by atoms with E-state index in [2.05, 4.69) is 15.1 Å². The molecular weight excluding hydrogens is 332 g/mol. The highest BCUT2D eigenvalue weighted by Crippen LogP contribution is 2.33. The molecule has 0 aromatic carbocycles. The fourth-order valence-electron chi connectivity index (χ4n) is 2.85. The van der Waals surface area contributed by atoms with Gasteiger partial charge in [-0.15, -0.1) is 0 Å². The zero-order valence-electron chi connectivity index (χ0n) is 13.5. The largest absolute Gasteiger partial charge is 0.375 e. The molecule has 2 aromatic rings. The highest BCUT2D eigenvalue weighted by atomic mass is 32.2. The smallest absolute Gasteiger partial charge is 0.252 e. The van der Waals surface area contributed by atoms with Gasteiger partial charge in [-0.1, -0.05) is 18.0 Å². The van der Waals surface area contributed by atoms with E-state index in [1.54, 1.807) is 18.3 Å². The van der Waals surface area contributed by atoms with Gasteiger partial charge in [0, 0.05) is 26.0 Å². The molecule has 1 aliphatic rings. The molecule has 0 unspecified atom stereocenters. The van der Waals surface area contributed by atoms with Gasteiger partial charge in [-0.3, -0.25) is 4.98 Å². The predicted octanol–water partition coefficient (Wildman–Crippen LogP) is 1.92. The SMILES string of the molecule is COCc1nc([C@@H]2CCCCCN2S(=O)(=O)c2cccnc2)no1. The number of rotatable bonds is 5. The van der Waals surface area contributed by atoms with Gasteiger partial charge in [0.2, 0.25) is 10.0 Å². The van der Waals surface area contributed by atoms with Crippen LogP contribution in [-0.4, -0.2) is 41.5 Å². The topological polar surface area (TPSA) is 98.4 Å². The zero-order chi connectivity index (χ0) is 17.0. The maximum atomic E-state index is 13.0. The Hall–Kier alpha value is -1.84. The second-order valence-corrected chi connectivity index (χ2v) is 7.54. The Morgan fingerprint density at radius 3 is 3.00 bits per heavy atom. The Balaban J connectivity index is 1.95. The molecule has 1 fully saturated rings. The number of ether oxygens (including phenoxy) is 1. The molecule has 0 aliphatic carbocycles. The lowest BCUT2D eigenvalue weighted by Gasteiger charge is -2.26. The minimum atomic E-state index is -3.67. The molecule has 130 valence electrons. The first-order valence-corrected chi connectivity index (χ1v) is 9.30. The molecule has 1 aliphatic heterocycles. The van der Waals surface area contributed by atoms with Crippen LogP contribution in [-0.2, 0) is 21.4 Å². The van der Waals surface area contributed by atoms with Crippen molar-refractivity contribution < 1.29 is 17.7 Å². The van der Waals surface area contributed by atoms with Crippen molar-refractivity contribution in [3.63, 3.8) is 0 Å². The van der Waals surface area contributed by atoms with Crippen LogP contribution in [0.15, 0.2) is 33.9 Å². The summed E-state index contributed by atoms with van der Waals surface area (Å²) in [7, 11) is -2.13. The third-order valence-electron chi connectivity index (χ3n) is 3.99. The van der Waals surface area contributed by atoms with Gasteiger partial charge in [0.15, 0.2) is 5.82 Å². The van der Waals surface area contributed by atoms with Crippen LogP contribution in [0.5, 0.6) is 0 Å². The quantitative estimate of drug-likeness (QED) is 0.810. The summed E-state index contributed by atoms with van der Waals surface area (Å²) in [4.78, 5) is 8.40. The summed E-state index contributed by atoms with van der Waals surface area (Å²) in [5.41, 5.74) is 0. The summed E-state index contributed by atoms with van der Waals surface area (Å²) >= 11 is 0. The van der Waals surface area contributed by atoms with Crippen molar-refractivity contribution in [2.24, 2.45) is 0 Å². The molecule has 0 N–H and O–H groups in total. The van der Waals surface area contributed by atoms with Gasteiger partial charge < -0.3 is 9.26 Å². The maximum Gasteiger partial charge on any atom is 0.252 e. The van der Waals surface area contributed by atoms with Crippen molar-refractivity contribution in [1.29, 1.82) is 0 Å². The van der Waals surface area contributed by atoms with Crippen molar-refractivity contribution in [2.45, 2.75) is 43.2 Å². The highest BCUT2D eigenvalue weighted by Gasteiger charge is 2.36. The standard InChI is InChI=1S/C15H20N4O4S/c1-22-11-14-17-15(18-23-14)13-7-3-2-4-9-19(13)24(20,21)12-6-5-8-16-10-12/h5-6,8,10,13H,2-4,7,9,11H2,1H3/t13-/m0/s1. The van der Waals surface area contributed by atoms with E-state index in [4.69, 9.17) is 9.26 Å². The molecule has 1 saturated heterocycles. The summed E-state index contributed by atoms with van der Waals surface area (Å²) in [5, 5.41) is 3.97. The molecule has 3 heterocycles. The molecule has 0 bridgehead atoms. The van der Waals surface area contributed by atoms with Crippen LogP contribution < -0.4 is 0 Å². The van der Waals surface area contributed by atoms with E-state index in [1.165, 1.54) is 17.6 Å². The highest BCUT2D eigenvalue weighted by molar-refractivity contribution is 7.89. The first-order valence-electron chi connectivity index (χ1n) is 7.86. The number of sulfonamides is 1. The molecule has 9 heteroatoms. The molecule has 0 saturated carbocycles. The molecule has 0 radical (unpaired) electrons. The van der Waals surface area contributed by atoms with Crippen molar-refractivity contribution in [2.75, 3.05) is 13.7 Å². The third-order valence-corrected chi connectivity index (χ3v) is 5.89. The Morgan fingerprint density at radius 1 is 1.38 bits per heavy atom. The van der Waals surface area contributed by atoms with Crippen molar-refractivity contribution in [3.05, 3.63) is 36.2 Å². The summed E-state index contributed by atoms with van der Waals surface area (Å²) in [5.74, 6) is 0.729. The van der Waals surface area contributed by atoms with Gasteiger partial charge in [-0.25, -0.2) is 8.42 Å². The number of nitrogens with zero attached hydrogens (tertiary/aromatic N) is 4. The van der Waals surface area contributed by atoms with Crippen LogP contribution >= 0.6 is 0 Å².